The largest absolute Gasteiger partial charge is 0.508 e. The molecular weight excluding hydrogens is 484 g/mol. The van der Waals surface area contributed by atoms with Crippen molar-refractivity contribution in [1.29, 1.82) is 0 Å². The van der Waals surface area contributed by atoms with Crippen LogP contribution < -0.4 is 4.90 Å². The summed E-state index contributed by atoms with van der Waals surface area (Å²) in [7, 11) is 0. The Kier molecular flexibility index (Phi) is 4.48. The number of benzene rings is 2. The molecule has 34 heavy (non-hydrogen) atoms. The summed E-state index contributed by atoms with van der Waals surface area (Å²) in [5.74, 6) is 0.00180. The monoisotopic (exact) mass is 506 g/mol. The zero-order chi connectivity index (χ0) is 23.3. The number of hydrogen-bond donors (Lipinski definition) is 2. The Balaban J connectivity index is 1.34. The molecule has 1 aromatic heterocycles. The minimum atomic E-state index is -0.289. The van der Waals surface area contributed by atoms with Crippen LogP contribution in [0.4, 0.5) is 5.69 Å². The van der Waals surface area contributed by atoms with Gasteiger partial charge in [-0.05, 0) is 61.5 Å². The highest BCUT2D eigenvalue weighted by Gasteiger charge is 2.69. The van der Waals surface area contributed by atoms with Crippen LogP contribution in [0, 0.1) is 40.5 Å². The van der Waals surface area contributed by atoms with E-state index in [1.807, 2.05) is 49.4 Å². The molecule has 2 aliphatic heterocycles. The second kappa shape index (κ2) is 7.29. The molecule has 7 rings (SSSR count). The number of anilines is 1. The van der Waals surface area contributed by atoms with Crippen molar-refractivity contribution < 1.29 is 14.7 Å². The number of thioether (sulfide) groups is 1. The fourth-order valence-electron chi connectivity index (χ4n) is 7.06. The highest BCUT2D eigenvalue weighted by atomic mass is 32.2. The number of aromatic amines is 1. The number of carbonyl (C=O) groups excluding carboxylic acids is 2. The van der Waals surface area contributed by atoms with Gasteiger partial charge in [-0.15, -0.1) is 23.1 Å². The number of rotatable bonds is 2. The van der Waals surface area contributed by atoms with Crippen molar-refractivity contribution in [2.24, 2.45) is 29.6 Å². The van der Waals surface area contributed by atoms with Gasteiger partial charge in [-0.3, -0.25) is 14.5 Å². The van der Waals surface area contributed by atoms with Crippen molar-refractivity contribution >= 4 is 52.8 Å². The van der Waals surface area contributed by atoms with Gasteiger partial charge in [-0.2, -0.15) is 0 Å². The van der Waals surface area contributed by atoms with Gasteiger partial charge in [-0.25, -0.2) is 0 Å². The first-order valence-corrected chi connectivity index (χ1v) is 13.7. The Labute approximate surface area is 210 Å². The molecular formula is C26H22N2O3S3. The van der Waals surface area contributed by atoms with Crippen LogP contribution in [0.1, 0.15) is 28.3 Å². The molecule has 7 unspecified atom stereocenters. The number of nitrogens with one attached hydrogen (secondary N) is 1. The Morgan fingerprint density at radius 1 is 1.03 bits per heavy atom. The Hall–Kier alpha value is -2.42. The fourth-order valence-corrected chi connectivity index (χ4v) is 10.4. The molecule has 5 nitrogen and oxygen atoms in total. The van der Waals surface area contributed by atoms with E-state index in [0.29, 0.717) is 5.69 Å². The maximum absolute atomic E-state index is 13.7. The van der Waals surface area contributed by atoms with E-state index in [0.717, 1.165) is 31.4 Å². The molecule has 4 aliphatic rings. The second-order valence-electron chi connectivity index (χ2n) is 9.87. The van der Waals surface area contributed by atoms with Gasteiger partial charge in [0.25, 0.3) is 0 Å². The zero-order valence-electron chi connectivity index (χ0n) is 18.3. The van der Waals surface area contributed by atoms with E-state index in [9.17, 15) is 14.7 Å². The van der Waals surface area contributed by atoms with Gasteiger partial charge < -0.3 is 10.1 Å². The normalized spacial score (nSPS) is 33.2. The number of hydrogen-bond acceptors (Lipinski definition) is 6. The smallest absolute Gasteiger partial charge is 0.238 e. The van der Waals surface area contributed by atoms with Crippen LogP contribution in [-0.2, 0) is 9.59 Å². The maximum atomic E-state index is 13.7. The van der Waals surface area contributed by atoms with E-state index in [4.69, 9.17) is 12.2 Å². The lowest BCUT2D eigenvalue weighted by molar-refractivity contribution is -0.123. The lowest BCUT2D eigenvalue weighted by Crippen LogP contribution is -2.42. The van der Waals surface area contributed by atoms with Crippen LogP contribution in [0.25, 0.3) is 0 Å². The van der Waals surface area contributed by atoms with Gasteiger partial charge in [0.05, 0.1) is 22.5 Å². The summed E-state index contributed by atoms with van der Waals surface area (Å²) in [5.41, 5.74) is 2.66. The topological polar surface area (TPSA) is 73.4 Å². The molecule has 2 amide bonds. The summed E-state index contributed by atoms with van der Waals surface area (Å²) in [4.78, 5) is 33.3. The van der Waals surface area contributed by atoms with E-state index < -0.39 is 0 Å². The van der Waals surface area contributed by atoms with Crippen LogP contribution in [0.3, 0.4) is 0 Å². The number of H-pyrrole nitrogens is 1. The maximum Gasteiger partial charge on any atom is 0.238 e. The van der Waals surface area contributed by atoms with Crippen LogP contribution in [0.5, 0.6) is 5.75 Å². The first kappa shape index (κ1) is 20.9. The lowest BCUT2D eigenvalue weighted by atomic mass is 9.68. The van der Waals surface area contributed by atoms with Crippen molar-refractivity contribution in [2.75, 3.05) is 4.90 Å². The number of nitrogens with zero attached hydrogens (tertiary/aromatic N) is 1. The van der Waals surface area contributed by atoms with Crippen LogP contribution >= 0.6 is 35.3 Å². The SMILES string of the molecule is Cc1ccc(N2C(=O)C3C4CC(C3C2=O)C2C(c3ccccc3O)c3sc(=S)[nH]c3SC42)cc1. The number of aromatic nitrogens is 1. The second-order valence-corrected chi connectivity index (χ2v) is 12.8. The third kappa shape index (κ3) is 2.70. The third-order valence-corrected chi connectivity index (χ3v) is 11.2. The number of carbonyl (C=O) groups is 2. The fraction of sp³-hybridized carbons (Fsp3) is 0.346. The minimum Gasteiger partial charge on any atom is -0.508 e. The van der Waals surface area contributed by atoms with Gasteiger partial charge in [0.15, 0.2) is 3.95 Å². The summed E-state index contributed by atoms with van der Waals surface area (Å²) in [6.45, 7) is 2.00. The quantitative estimate of drug-likeness (QED) is 0.355. The van der Waals surface area contributed by atoms with Crippen molar-refractivity contribution in [3.63, 3.8) is 0 Å². The molecule has 2 aliphatic carbocycles. The summed E-state index contributed by atoms with van der Waals surface area (Å²) in [5, 5.41) is 12.1. The highest BCUT2D eigenvalue weighted by molar-refractivity contribution is 8.00. The Morgan fingerprint density at radius 3 is 2.47 bits per heavy atom. The van der Waals surface area contributed by atoms with Crippen molar-refractivity contribution in [3.05, 3.63) is 68.5 Å². The number of imide groups is 1. The van der Waals surface area contributed by atoms with E-state index in [2.05, 4.69) is 4.98 Å². The van der Waals surface area contributed by atoms with E-state index in [1.54, 1.807) is 29.2 Å². The highest BCUT2D eigenvalue weighted by Crippen LogP contribution is 2.69. The molecule has 3 aromatic rings. The number of phenolic OH excluding ortho intramolecular Hbond substituents is 1. The van der Waals surface area contributed by atoms with Crippen LogP contribution in [-0.4, -0.2) is 27.2 Å². The number of aryl methyl sites for hydroxylation is 1. The molecule has 3 heterocycles. The molecule has 2 N–H and O–H groups in total. The summed E-state index contributed by atoms with van der Waals surface area (Å²) >= 11 is 8.85. The number of aromatic hydroxyl groups is 1. The molecule has 0 radical (unpaired) electrons. The average Bonchev–Trinajstić information content (AvgIpc) is 3.54. The van der Waals surface area contributed by atoms with Crippen molar-refractivity contribution in [1.82, 2.24) is 4.98 Å². The Bertz CT molecular complexity index is 1410. The summed E-state index contributed by atoms with van der Waals surface area (Å²) < 4.78 is 0.725. The number of fused-ring (bicyclic) bond motifs is 9. The molecule has 0 spiro atoms. The Morgan fingerprint density at radius 2 is 1.74 bits per heavy atom. The summed E-state index contributed by atoms with van der Waals surface area (Å²) in [6.07, 6.45) is 0.886. The molecule has 172 valence electrons. The summed E-state index contributed by atoms with van der Waals surface area (Å²) in [6, 6.07) is 15.2. The standard InChI is InChI=1S/C26H22N2O3S3/c1-11-6-8-12(9-7-11)28-24(30)19-14-10-15(20(19)25(28)31)21-18(14)17(13-4-2-3-5-16(13)29)22-23(33-21)27-26(32)34-22/h2-9,14-15,17-21,29H,10H2,1H3,(H,27,32). The predicted octanol–water partition coefficient (Wildman–Crippen LogP) is 5.50. The van der Waals surface area contributed by atoms with Gasteiger partial charge in [0.2, 0.25) is 11.8 Å². The first-order valence-electron chi connectivity index (χ1n) is 11.6. The molecule has 2 saturated carbocycles. The van der Waals surface area contributed by atoms with Gasteiger partial charge >= 0.3 is 0 Å². The number of phenols is 1. The van der Waals surface area contributed by atoms with Gasteiger partial charge in [-0.1, -0.05) is 35.9 Å². The molecule has 3 fully saturated rings. The number of thiazole rings is 1. The first-order chi connectivity index (χ1) is 16.4. The van der Waals surface area contributed by atoms with Gasteiger partial charge in [0.1, 0.15) is 5.75 Å². The van der Waals surface area contributed by atoms with Crippen LogP contribution in [0.2, 0.25) is 0 Å². The number of amides is 2. The number of para-hydroxylation sites is 1. The van der Waals surface area contributed by atoms with E-state index >= 15 is 0 Å². The van der Waals surface area contributed by atoms with E-state index in [1.165, 1.54) is 4.90 Å². The molecule has 2 bridgehead atoms. The zero-order valence-corrected chi connectivity index (χ0v) is 20.8. The molecule has 1 saturated heterocycles. The van der Waals surface area contributed by atoms with Gasteiger partial charge in [0, 0.05) is 21.6 Å². The van der Waals surface area contributed by atoms with Crippen molar-refractivity contribution in [3.8, 4) is 5.75 Å². The lowest BCUT2D eigenvalue weighted by Gasteiger charge is -2.43. The van der Waals surface area contributed by atoms with Crippen molar-refractivity contribution in [2.45, 2.75) is 29.5 Å². The minimum absolute atomic E-state index is 0.0346. The molecule has 7 atom stereocenters. The molecule has 8 heteroatoms. The predicted molar refractivity (Wildman–Crippen MR) is 135 cm³/mol. The van der Waals surface area contributed by atoms with E-state index in [-0.39, 0.29) is 58.3 Å². The third-order valence-electron chi connectivity index (χ3n) is 8.29. The molecule has 2 aromatic carbocycles. The average molecular weight is 507 g/mol. The van der Waals surface area contributed by atoms with Crippen LogP contribution in [0.15, 0.2) is 53.6 Å².